The van der Waals surface area contributed by atoms with E-state index in [0.29, 0.717) is 6.42 Å². The van der Waals surface area contributed by atoms with E-state index < -0.39 is 12.8 Å². The Labute approximate surface area is 86.1 Å². The summed E-state index contributed by atoms with van der Waals surface area (Å²) in [5, 5.41) is 0. The largest absolute Gasteiger partial charge is 0.468 e. The zero-order valence-corrected chi connectivity index (χ0v) is 8.56. The van der Waals surface area contributed by atoms with Gasteiger partial charge in [0.15, 0.2) is 6.61 Å². The zero-order valence-electron chi connectivity index (χ0n) is 8.56. The summed E-state index contributed by atoms with van der Waals surface area (Å²) in [6.07, 6.45) is -3.64. The van der Waals surface area contributed by atoms with Gasteiger partial charge in [-0.2, -0.15) is 13.2 Å². The van der Waals surface area contributed by atoms with Gasteiger partial charge in [-0.3, -0.25) is 0 Å². The van der Waals surface area contributed by atoms with Crippen LogP contribution in [-0.4, -0.2) is 17.8 Å². The molecule has 1 aromatic rings. The molecule has 0 aliphatic heterocycles. The topological polar surface area (TPSA) is 22.1 Å². The Morgan fingerprint density at radius 2 is 2.00 bits per heavy atom. The lowest BCUT2D eigenvalue weighted by Crippen LogP contribution is -2.19. The van der Waals surface area contributed by atoms with Crippen molar-refractivity contribution in [3.05, 3.63) is 23.4 Å². The first-order valence-electron chi connectivity index (χ1n) is 4.58. The molecule has 5 heteroatoms. The number of pyridine rings is 1. The Hall–Kier alpha value is -1.26. The van der Waals surface area contributed by atoms with E-state index in [4.69, 9.17) is 0 Å². The number of hydrogen-bond donors (Lipinski definition) is 0. The molecule has 1 aromatic heterocycles. The summed E-state index contributed by atoms with van der Waals surface area (Å²) in [5.74, 6) is 0.0229. The van der Waals surface area contributed by atoms with Crippen molar-refractivity contribution in [1.82, 2.24) is 4.98 Å². The fourth-order valence-electron chi connectivity index (χ4n) is 1.14. The number of alkyl halides is 3. The van der Waals surface area contributed by atoms with Crippen LogP contribution in [0, 0.1) is 6.92 Å². The molecule has 0 unspecified atom stereocenters. The molecule has 0 spiro atoms. The van der Waals surface area contributed by atoms with Crippen LogP contribution in [0.1, 0.15) is 18.2 Å². The molecule has 0 amide bonds. The summed E-state index contributed by atoms with van der Waals surface area (Å²) in [6, 6.07) is 3.15. The molecule has 2 nitrogen and oxygen atoms in total. The molecule has 0 aliphatic carbocycles. The summed E-state index contributed by atoms with van der Waals surface area (Å²) in [6.45, 7) is 2.45. The molecule has 0 bridgehead atoms. The molecule has 0 N–H and O–H groups in total. The summed E-state index contributed by atoms with van der Waals surface area (Å²) in [5.41, 5.74) is 1.71. The van der Waals surface area contributed by atoms with Gasteiger partial charge >= 0.3 is 6.18 Å². The highest BCUT2D eigenvalue weighted by atomic mass is 19.4. The second-order valence-corrected chi connectivity index (χ2v) is 3.17. The van der Waals surface area contributed by atoms with Crippen LogP contribution >= 0.6 is 0 Å². The van der Waals surface area contributed by atoms with E-state index in [1.807, 2.05) is 13.8 Å². The number of aromatic nitrogens is 1. The van der Waals surface area contributed by atoms with Crippen molar-refractivity contribution in [3.63, 3.8) is 0 Å². The Balaban J connectivity index is 2.70. The average Bonchev–Trinajstić information content (AvgIpc) is 2.15. The molecule has 15 heavy (non-hydrogen) atoms. The minimum Gasteiger partial charge on any atom is -0.468 e. The first-order chi connectivity index (χ1) is 6.92. The van der Waals surface area contributed by atoms with Crippen molar-refractivity contribution < 1.29 is 17.9 Å². The van der Waals surface area contributed by atoms with Crippen LogP contribution in [0.4, 0.5) is 13.2 Å². The first kappa shape index (κ1) is 11.8. The molecule has 0 aliphatic rings. The summed E-state index contributed by atoms with van der Waals surface area (Å²) >= 11 is 0. The van der Waals surface area contributed by atoms with Crippen molar-refractivity contribution >= 4 is 0 Å². The maximum atomic E-state index is 11.9. The van der Waals surface area contributed by atoms with Crippen molar-refractivity contribution in [2.75, 3.05) is 6.61 Å². The second kappa shape index (κ2) is 4.51. The SMILES string of the molecule is CCc1nc(OCC(F)(F)F)ccc1C. The number of hydrogen-bond acceptors (Lipinski definition) is 2. The van der Waals surface area contributed by atoms with E-state index in [9.17, 15) is 13.2 Å². The highest BCUT2D eigenvalue weighted by Gasteiger charge is 2.28. The zero-order chi connectivity index (χ0) is 11.5. The van der Waals surface area contributed by atoms with Gasteiger partial charge in [-0.15, -0.1) is 0 Å². The van der Waals surface area contributed by atoms with Crippen LogP contribution in [0.2, 0.25) is 0 Å². The molecular formula is C10H12F3NO. The number of aryl methyl sites for hydroxylation is 2. The Bertz CT molecular complexity index is 336. The fraction of sp³-hybridized carbons (Fsp3) is 0.500. The number of halogens is 3. The highest BCUT2D eigenvalue weighted by Crippen LogP contribution is 2.18. The van der Waals surface area contributed by atoms with Gasteiger partial charge in [0, 0.05) is 11.8 Å². The monoisotopic (exact) mass is 219 g/mol. The predicted molar refractivity (Wildman–Crippen MR) is 49.9 cm³/mol. The molecule has 0 aromatic carbocycles. The van der Waals surface area contributed by atoms with E-state index >= 15 is 0 Å². The maximum absolute atomic E-state index is 11.9. The molecule has 0 saturated heterocycles. The van der Waals surface area contributed by atoms with E-state index in [-0.39, 0.29) is 5.88 Å². The summed E-state index contributed by atoms with van der Waals surface area (Å²) < 4.78 is 40.1. The lowest BCUT2D eigenvalue weighted by molar-refractivity contribution is -0.154. The fourth-order valence-corrected chi connectivity index (χ4v) is 1.14. The minimum atomic E-state index is -4.32. The maximum Gasteiger partial charge on any atom is 0.422 e. The van der Waals surface area contributed by atoms with Crippen LogP contribution in [0.15, 0.2) is 12.1 Å². The van der Waals surface area contributed by atoms with Gasteiger partial charge in [-0.25, -0.2) is 4.98 Å². The van der Waals surface area contributed by atoms with E-state index in [0.717, 1.165) is 11.3 Å². The van der Waals surface area contributed by atoms with Gasteiger partial charge in [0.2, 0.25) is 5.88 Å². The van der Waals surface area contributed by atoms with Crippen LogP contribution in [0.25, 0.3) is 0 Å². The van der Waals surface area contributed by atoms with E-state index in [1.165, 1.54) is 6.07 Å². The van der Waals surface area contributed by atoms with Gasteiger partial charge in [0.05, 0.1) is 0 Å². The molecule has 0 atom stereocenters. The Morgan fingerprint density at radius 3 is 2.53 bits per heavy atom. The Morgan fingerprint density at radius 1 is 1.33 bits per heavy atom. The standard InChI is InChI=1S/C10H12F3NO/c1-3-8-7(2)4-5-9(14-8)15-6-10(11,12)13/h4-5H,3,6H2,1-2H3. The van der Waals surface area contributed by atoms with Gasteiger partial charge in [0.25, 0.3) is 0 Å². The number of rotatable bonds is 3. The molecule has 0 saturated carbocycles. The third-order valence-electron chi connectivity index (χ3n) is 1.89. The molecule has 0 fully saturated rings. The lowest BCUT2D eigenvalue weighted by Gasteiger charge is -2.10. The number of ether oxygens (including phenoxy) is 1. The van der Waals surface area contributed by atoms with Crippen molar-refractivity contribution in [1.29, 1.82) is 0 Å². The third-order valence-corrected chi connectivity index (χ3v) is 1.89. The highest BCUT2D eigenvalue weighted by molar-refractivity contribution is 5.24. The van der Waals surface area contributed by atoms with Crippen LogP contribution in [0.3, 0.4) is 0 Å². The first-order valence-corrected chi connectivity index (χ1v) is 4.58. The van der Waals surface area contributed by atoms with Crippen molar-refractivity contribution in [3.8, 4) is 5.88 Å². The number of nitrogens with zero attached hydrogens (tertiary/aromatic N) is 1. The van der Waals surface area contributed by atoms with Gasteiger partial charge in [0.1, 0.15) is 0 Å². The van der Waals surface area contributed by atoms with Crippen LogP contribution in [0.5, 0.6) is 5.88 Å². The van der Waals surface area contributed by atoms with E-state index in [1.54, 1.807) is 6.07 Å². The quantitative estimate of drug-likeness (QED) is 0.779. The molecule has 1 heterocycles. The van der Waals surface area contributed by atoms with Gasteiger partial charge < -0.3 is 4.74 Å². The normalized spacial score (nSPS) is 11.5. The Kier molecular flexibility index (Phi) is 3.55. The van der Waals surface area contributed by atoms with Crippen LogP contribution < -0.4 is 4.74 Å². The second-order valence-electron chi connectivity index (χ2n) is 3.17. The predicted octanol–water partition coefficient (Wildman–Crippen LogP) is 2.89. The molecule has 84 valence electrons. The third kappa shape index (κ3) is 3.77. The minimum absolute atomic E-state index is 0.0229. The molecule has 0 radical (unpaired) electrons. The van der Waals surface area contributed by atoms with Crippen molar-refractivity contribution in [2.45, 2.75) is 26.4 Å². The molecular weight excluding hydrogens is 207 g/mol. The van der Waals surface area contributed by atoms with Gasteiger partial charge in [-0.05, 0) is 18.9 Å². The molecule has 1 rings (SSSR count). The lowest BCUT2D eigenvalue weighted by atomic mass is 10.2. The van der Waals surface area contributed by atoms with Gasteiger partial charge in [-0.1, -0.05) is 13.0 Å². The van der Waals surface area contributed by atoms with E-state index in [2.05, 4.69) is 9.72 Å². The average molecular weight is 219 g/mol. The summed E-state index contributed by atoms with van der Waals surface area (Å²) in [7, 11) is 0. The van der Waals surface area contributed by atoms with Crippen LogP contribution in [-0.2, 0) is 6.42 Å². The summed E-state index contributed by atoms with van der Waals surface area (Å²) in [4.78, 5) is 3.97. The van der Waals surface area contributed by atoms with Crippen molar-refractivity contribution in [2.24, 2.45) is 0 Å². The smallest absolute Gasteiger partial charge is 0.422 e.